The van der Waals surface area contributed by atoms with Gasteiger partial charge in [0.1, 0.15) is 0 Å². The van der Waals surface area contributed by atoms with Crippen molar-refractivity contribution < 1.29 is 14.7 Å². The lowest BCUT2D eigenvalue weighted by atomic mass is 9.47. The van der Waals surface area contributed by atoms with Crippen molar-refractivity contribution in [3.8, 4) is 0 Å². The van der Waals surface area contributed by atoms with Gasteiger partial charge in [0.05, 0.1) is 12.1 Å². The summed E-state index contributed by atoms with van der Waals surface area (Å²) in [6.07, 6.45) is 8.32. The maximum absolute atomic E-state index is 11.9. The second kappa shape index (κ2) is 5.67. The molecule has 0 radical (unpaired) electrons. The van der Waals surface area contributed by atoms with E-state index >= 15 is 0 Å². The molecule has 25 heavy (non-hydrogen) atoms. The van der Waals surface area contributed by atoms with E-state index in [-0.39, 0.29) is 22.8 Å². The van der Waals surface area contributed by atoms with Crippen molar-refractivity contribution in [1.29, 1.82) is 0 Å². The van der Waals surface area contributed by atoms with Gasteiger partial charge in [0.2, 0.25) is 5.91 Å². The van der Waals surface area contributed by atoms with Crippen molar-refractivity contribution in [1.82, 2.24) is 5.32 Å². The average Bonchev–Trinajstić information content (AvgIpc) is 2.79. The fourth-order valence-corrected chi connectivity index (χ4v) is 7.05. The van der Waals surface area contributed by atoms with Crippen LogP contribution in [0.2, 0.25) is 0 Å². The minimum absolute atomic E-state index is 0.00564. The molecule has 3 saturated carbocycles. The molecule has 4 aliphatic carbocycles. The van der Waals surface area contributed by atoms with Crippen molar-refractivity contribution in [3.63, 3.8) is 0 Å². The van der Waals surface area contributed by atoms with Crippen LogP contribution in [-0.2, 0) is 9.59 Å². The first-order chi connectivity index (χ1) is 11.8. The van der Waals surface area contributed by atoms with E-state index < -0.39 is 6.10 Å². The van der Waals surface area contributed by atoms with Gasteiger partial charge >= 0.3 is 0 Å². The Morgan fingerprint density at radius 2 is 1.96 bits per heavy atom. The third kappa shape index (κ3) is 2.43. The van der Waals surface area contributed by atoms with Gasteiger partial charge in [0, 0.05) is 13.3 Å². The quantitative estimate of drug-likeness (QED) is 0.768. The highest BCUT2D eigenvalue weighted by Gasteiger charge is 2.61. The molecule has 0 aromatic heterocycles. The summed E-state index contributed by atoms with van der Waals surface area (Å²) in [5, 5.41) is 13.7. The van der Waals surface area contributed by atoms with Crippen LogP contribution in [0.1, 0.15) is 65.7 Å². The summed E-state index contributed by atoms with van der Waals surface area (Å²) in [7, 11) is 0. The number of rotatable bonds is 1. The van der Waals surface area contributed by atoms with Crippen molar-refractivity contribution in [2.45, 2.75) is 77.9 Å². The van der Waals surface area contributed by atoms with Gasteiger partial charge in [-0.15, -0.1) is 0 Å². The number of fused-ring (bicyclic) bond motifs is 5. The first-order valence-electron chi connectivity index (χ1n) is 9.95. The van der Waals surface area contributed by atoms with Gasteiger partial charge in [0.25, 0.3) is 0 Å². The minimum atomic E-state index is -0.435. The third-order valence-corrected chi connectivity index (χ3v) is 8.35. The summed E-state index contributed by atoms with van der Waals surface area (Å²) in [6, 6.07) is -0.117. The van der Waals surface area contributed by atoms with Gasteiger partial charge in [-0.25, -0.2) is 0 Å². The van der Waals surface area contributed by atoms with Gasteiger partial charge in [0.15, 0.2) is 5.78 Å². The minimum Gasteiger partial charge on any atom is -0.391 e. The number of hydrogen-bond donors (Lipinski definition) is 2. The van der Waals surface area contributed by atoms with Crippen LogP contribution >= 0.6 is 0 Å². The number of aliphatic hydroxyl groups is 1. The van der Waals surface area contributed by atoms with Crippen LogP contribution in [-0.4, -0.2) is 28.9 Å². The Balaban J connectivity index is 1.65. The van der Waals surface area contributed by atoms with Gasteiger partial charge < -0.3 is 10.4 Å². The lowest BCUT2D eigenvalue weighted by molar-refractivity contribution is -0.122. The molecule has 4 aliphatic rings. The molecule has 0 bridgehead atoms. The number of carbonyl (C=O) groups excluding carboxylic acids is 2. The summed E-state index contributed by atoms with van der Waals surface area (Å²) >= 11 is 0. The molecule has 4 heteroatoms. The van der Waals surface area contributed by atoms with Crippen molar-refractivity contribution in [2.75, 3.05) is 0 Å². The lowest BCUT2D eigenvalue weighted by Gasteiger charge is -2.58. The molecule has 0 heterocycles. The van der Waals surface area contributed by atoms with E-state index in [9.17, 15) is 14.7 Å². The Labute approximate surface area is 150 Å². The van der Waals surface area contributed by atoms with Crippen molar-refractivity contribution >= 4 is 11.7 Å². The molecular weight excluding hydrogens is 314 g/mol. The second-order valence-electron chi connectivity index (χ2n) is 9.49. The first-order valence-corrected chi connectivity index (χ1v) is 9.95. The molecule has 7 atom stereocenters. The molecule has 0 saturated heterocycles. The second-order valence-corrected chi connectivity index (χ2v) is 9.49. The Morgan fingerprint density at radius 1 is 1.20 bits per heavy atom. The molecule has 0 unspecified atom stereocenters. The van der Waals surface area contributed by atoms with Crippen LogP contribution in [0, 0.1) is 28.6 Å². The predicted octanol–water partition coefficient (Wildman–Crippen LogP) is 2.99. The number of amides is 1. The van der Waals surface area contributed by atoms with Crippen molar-refractivity contribution in [2.24, 2.45) is 28.6 Å². The summed E-state index contributed by atoms with van der Waals surface area (Å²) in [4.78, 5) is 23.5. The number of hydrogen-bond acceptors (Lipinski definition) is 3. The zero-order valence-corrected chi connectivity index (χ0v) is 15.7. The molecule has 0 aliphatic heterocycles. The number of nitrogens with one attached hydrogen (secondary N) is 1. The molecule has 0 aromatic rings. The van der Waals surface area contributed by atoms with E-state index in [1.807, 2.05) is 6.08 Å². The zero-order chi connectivity index (χ0) is 18.0. The van der Waals surface area contributed by atoms with Crippen LogP contribution in [0.4, 0.5) is 0 Å². The number of ketones is 1. The zero-order valence-electron chi connectivity index (χ0n) is 15.7. The molecular formula is C21H31NO3. The van der Waals surface area contributed by atoms with E-state index in [0.29, 0.717) is 30.0 Å². The lowest BCUT2D eigenvalue weighted by Crippen LogP contribution is -2.55. The van der Waals surface area contributed by atoms with Crippen LogP contribution < -0.4 is 5.32 Å². The Hall–Kier alpha value is -1.16. The van der Waals surface area contributed by atoms with E-state index in [1.54, 1.807) is 6.92 Å². The predicted molar refractivity (Wildman–Crippen MR) is 95.7 cm³/mol. The van der Waals surface area contributed by atoms with Gasteiger partial charge in [-0.2, -0.15) is 0 Å². The highest BCUT2D eigenvalue weighted by molar-refractivity contribution is 5.91. The van der Waals surface area contributed by atoms with Gasteiger partial charge in [-0.3, -0.25) is 9.59 Å². The summed E-state index contributed by atoms with van der Waals surface area (Å²) in [5.74, 6) is 1.94. The normalized spacial score (nSPS) is 48.9. The van der Waals surface area contributed by atoms with E-state index in [4.69, 9.17) is 0 Å². The first kappa shape index (κ1) is 17.3. The number of carbonyl (C=O) groups is 2. The molecule has 0 spiro atoms. The van der Waals surface area contributed by atoms with Gasteiger partial charge in [-0.1, -0.05) is 19.4 Å². The summed E-state index contributed by atoms with van der Waals surface area (Å²) in [6.45, 7) is 6.21. The van der Waals surface area contributed by atoms with Crippen molar-refractivity contribution in [3.05, 3.63) is 11.6 Å². The highest BCUT2D eigenvalue weighted by Crippen LogP contribution is 2.65. The van der Waals surface area contributed by atoms with Crippen LogP contribution in [0.3, 0.4) is 0 Å². The van der Waals surface area contributed by atoms with E-state index in [1.165, 1.54) is 5.57 Å². The molecule has 4 nitrogen and oxygen atoms in total. The number of allylic oxidation sites excluding steroid dienone is 1. The molecule has 138 valence electrons. The molecule has 0 aromatic carbocycles. The Morgan fingerprint density at radius 3 is 2.68 bits per heavy atom. The monoisotopic (exact) mass is 345 g/mol. The molecule has 2 N–H and O–H groups in total. The SMILES string of the molecule is CC(=O)N[C@@H]1[C@H](O)C[C@@H]2[C@H]3CCC4=CC(=O)CC[C@]4(C)[C@@H]3CC[C@@]21C. The van der Waals surface area contributed by atoms with E-state index in [0.717, 1.165) is 38.5 Å². The fourth-order valence-electron chi connectivity index (χ4n) is 7.05. The van der Waals surface area contributed by atoms with Gasteiger partial charge in [-0.05, 0) is 73.2 Å². The molecule has 4 rings (SSSR count). The maximum Gasteiger partial charge on any atom is 0.217 e. The van der Waals surface area contributed by atoms with Crippen LogP contribution in [0.15, 0.2) is 11.6 Å². The van der Waals surface area contributed by atoms with E-state index in [2.05, 4.69) is 19.2 Å². The fraction of sp³-hybridized carbons (Fsp3) is 0.810. The van der Waals surface area contributed by atoms with Crippen LogP contribution in [0.5, 0.6) is 0 Å². The topological polar surface area (TPSA) is 66.4 Å². The third-order valence-electron chi connectivity index (χ3n) is 8.35. The highest BCUT2D eigenvalue weighted by atomic mass is 16.3. The Kier molecular flexibility index (Phi) is 3.91. The smallest absolute Gasteiger partial charge is 0.217 e. The molecule has 1 amide bonds. The summed E-state index contributed by atoms with van der Waals surface area (Å²) < 4.78 is 0. The Bertz CT molecular complexity index is 641. The summed E-state index contributed by atoms with van der Waals surface area (Å²) in [5.41, 5.74) is 1.54. The molecule has 3 fully saturated rings. The number of aliphatic hydroxyl groups excluding tert-OH is 1. The average molecular weight is 345 g/mol. The largest absolute Gasteiger partial charge is 0.391 e. The standard InChI is InChI=1S/C21H31NO3/c1-12(23)22-19-18(25)11-17-15-5-4-13-10-14(24)6-8-20(13,2)16(15)7-9-21(17,19)3/h10,15-19,25H,4-9,11H2,1-3H3,(H,22,23)/t15-,16+,17+,18+,19+,20-,21-/m0/s1. The van der Waals surface area contributed by atoms with Crippen LogP contribution in [0.25, 0.3) is 0 Å². The maximum atomic E-state index is 11.9.